The highest BCUT2D eigenvalue weighted by Gasteiger charge is 2.11. The van der Waals surface area contributed by atoms with Crippen LogP contribution in [0.25, 0.3) is 0 Å². The number of aliphatic hydroxyl groups excluding tert-OH is 2. The van der Waals surface area contributed by atoms with Gasteiger partial charge in [0.25, 0.3) is 0 Å². The molecule has 0 fully saturated rings. The quantitative estimate of drug-likeness (QED) is 0.483. The van der Waals surface area contributed by atoms with Crippen LogP contribution in [0.4, 0.5) is 11.6 Å². The highest BCUT2D eigenvalue weighted by atomic mass is 16.6. The molecule has 0 aromatic carbocycles. The predicted octanol–water partition coefficient (Wildman–Crippen LogP) is -0.824. The Morgan fingerprint density at radius 3 is 2.12 bits per heavy atom. The average molecular weight is 228 g/mol. The Labute approximate surface area is 91.3 Å². The van der Waals surface area contributed by atoms with Crippen molar-refractivity contribution < 1.29 is 15.1 Å². The monoisotopic (exact) mass is 228 g/mol. The molecule has 1 heterocycles. The van der Waals surface area contributed by atoms with E-state index in [0.717, 1.165) is 12.4 Å². The fourth-order valence-electron chi connectivity index (χ4n) is 1.13. The summed E-state index contributed by atoms with van der Waals surface area (Å²) in [5, 5.41) is 27.9. The lowest BCUT2D eigenvalue weighted by Gasteiger charge is -2.19. The van der Waals surface area contributed by atoms with Crippen LogP contribution in [0.15, 0.2) is 12.4 Å². The number of hydrogen-bond donors (Lipinski definition) is 2. The smallest absolute Gasteiger partial charge is 0.305 e. The van der Waals surface area contributed by atoms with Crippen molar-refractivity contribution in [2.24, 2.45) is 0 Å². The molecule has 16 heavy (non-hydrogen) atoms. The Kier molecular flexibility index (Phi) is 4.55. The molecule has 1 rings (SSSR count). The van der Waals surface area contributed by atoms with Gasteiger partial charge in [0.2, 0.25) is 5.95 Å². The van der Waals surface area contributed by atoms with Crippen LogP contribution in [0, 0.1) is 10.1 Å². The standard InChI is InChI=1S/C8H12N4O4/c13-3-1-11(2-4-14)8-9-5-7(6-10-8)12(15)16/h5-6,13-14H,1-4H2. The van der Waals surface area contributed by atoms with Crippen molar-refractivity contribution in [2.45, 2.75) is 0 Å². The van der Waals surface area contributed by atoms with Gasteiger partial charge in [-0.1, -0.05) is 0 Å². The van der Waals surface area contributed by atoms with E-state index in [2.05, 4.69) is 9.97 Å². The SMILES string of the molecule is O=[N+]([O-])c1cnc(N(CCO)CCO)nc1. The fourth-order valence-corrected chi connectivity index (χ4v) is 1.13. The Bertz CT molecular complexity index is 336. The van der Waals surface area contributed by atoms with E-state index in [1.165, 1.54) is 4.90 Å². The summed E-state index contributed by atoms with van der Waals surface area (Å²) in [6.07, 6.45) is 2.17. The second kappa shape index (κ2) is 5.93. The summed E-state index contributed by atoms with van der Waals surface area (Å²) in [5.41, 5.74) is -0.198. The van der Waals surface area contributed by atoms with Crippen LogP contribution >= 0.6 is 0 Å². The Morgan fingerprint density at radius 1 is 1.25 bits per heavy atom. The molecular formula is C8H12N4O4. The summed E-state index contributed by atoms with van der Waals surface area (Å²) < 4.78 is 0. The number of nitro groups is 1. The third-order valence-electron chi connectivity index (χ3n) is 1.86. The number of aliphatic hydroxyl groups is 2. The van der Waals surface area contributed by atoms with Gasteiger partial charge in [-0.2, -0.15) is 0 Å². The molecule has 0 bridgehead atoms. The van der Waals surface area contributed by atoms with Crippen molar-refractivity contribution in [2.75, 3.05) is 31.2 Å². The van der Waals surface area contributed by atoms with Crippen LogP contribution < -0.4 is 4.90 Å². The van der Waals surface area contributed by atoms with E-state index >= 15 is 0 Å². The number of anilines is 1. The topological polar surface area (TPSA) is 113 Å². The molecule has 88 valence electrons. The molecule has 0 saturated heterocycles. The molecule has 8 nitrogen and oxygen atoms in total. The van der Waals surface area contributed by atoms with E-state index in [1.54, 1.807) is 0 Å². The van der Waals surface area contributed by atoms with Gasteiger partial charge in [-0.05, 0) is 0 Å². The minimum Gasteiger partial charge on any atom is -0.395 e. The molecule has 1 aromatic rings. The van der Waals surface area contributed by atoms with Crippen molar-refractivity contribution in [1.29, 1.82) is 0 Å². The first kappa shape index (κ1) is 12.3. The van der Waals surface area contributed by atoms with Gasteiger partial charge in [-0.25, -0.2) is 9.97 Å². The molecule has 2 N–H and O–H groups in total. The second-order valence-electron chi connectivity index (χ2n) is 2.93. The normalized spacial score (nSPS) is 10.1. The molecule has 0 aliphatic rings. The van der Waals surface area contributed by atoms with Crippen LogP contribution in [0.2, 0.25) is 0 Å². The Hall–Kier alpha value is -1.80. The third-order valence-corrected chi connectivity index (χ3v) is 1.86. The summed E-state index contributed by atoms with van der Waals surface area (Å²) in [6.45, 7) is 0.303. The molecule has 0 unspecified atom stereocenters. The predicted molar refractivity (Wildman–Crippen MR) is 55.1 cm³/mol. The molecule has 8 heteroatoms. The molecule has 0 radical (unpaired) electrons. The highest BCUT2D eigenvalue weighted by molar-refractivity contribution is 5.33. The molecule has 1 aromatic heterocycles. The minimum absolute atomic E-state index is 0.111. The van der Waals surface area contributed by atoms with E-state index in [1.807, 2.05) is 0 Å². The van der Waals surface area contributed by atoms with E-state index < -0.39 is 4.92 Å². The van der Waals surface area contributed by atoms with Crippen LogP contribution in [0.3, 0.4) is 0 Å². The van der Waals surface area contributed by atoms with Gasteiger partial charge in [-0.3, -0.25) is 10.1 Å². The van der Waals surface area contributed by atoms with Gasteiger partial charge in [0.05, 0.1) is 18.1 Å². The largest absolute Gasteiger partial charge is 0.395 e. The third kappa shape index (κ3) is 3.11. The van der Waals surface area contributed by atoms with Gasteiger partial charge >= 0.3 is 5.69 Å². The summed E-state index contributed by atoms with van der Waals surface area (Å²) in [6, 6.07) is 0. The fraction of sp³-hybridized carbons (Fsp3) is 0.500. The number of hydrogen-bond acceptors (Lipinski definition) is 7. The number of aromatic nitrogens is 2. The Balaban J connectivity index is 2.80. The van der Waals surface area contributed by atoms with Gasteiger partial charge in [0, 0.05) is 13.1 Å². The van der Waals surface area contributed by atoms with Crippen LogP contribution in [0.5, 0.6) is 0 Å². The lowest BCUT2D eigenvalue weighted by molar-refractivity contribution is -0.385. The molecule has 0 aliphatic carbocycles. The first-order chi connectivity index (χ1) is 7.69. The molecule has 0 aliphatic heterocycles. The summed E-state index contributed by atoms with van der Waals surface area (Å²) in [7, 11) is 0. The van der Waals surface area contributed by atoms with Crippen molar-refractivity contribution in [1.82, 2.24) is 9.97 Å². The molecule has 0 atom stereocenters. The highest BCUT2D eigenvalue weighted by Crippen LogP contribution is 2.11. The first-order valence-electron chi connectivity index (χ1n) is 4.62. The lowest BCUT2D eigenvalue weighted by Crippen LogP contribution is -2.31. The van der Waals surface area contributed by atoms with Crippen LogP contribution in [-0.2, 0) is 0 Å². The second-order valence-corrected chi connectivity index (χ2v) is 2.93. The van der Waals surface area contributed by atoms with Gasteiger partial charge in [0.15, 0.2) is 0 Å². The maximum Gasteiger partial charge on any atom is 0.305 e. The number of rotatable bonds is 6. The zero-order chi connectivity index (χ0) is 12.0. The summed E-state index contributed by atoms with van der Waals surface area (Å²) in [4.78, 5) is 18.9. The van der Waals surface area contributed by atoms with Gasteiger partial charge in [0.1, 0.15) is 12.4 Å². The summed E-state index contributed by atoms with van der Waals surface area (Å²) >= 11 is 0. The van der Waals surface area contributed by atoms with Crippen molar-refractivity contribution in [3.05, 3.63) is 22.5 Å². The summed E-state index contributed by atoms with van der Waals surface area (Å²) in [5.74, 6) is 0.244. The maximum atomic E-state index is 10.4. The van der Waals surface area contributed by atoms with Crippen molar-refractivity contribution in [3.63, 3.8) is 0 Å². The van der Waals surface area contributed by atoms with E-state index in [9.17, 15) is 10.1 Å². The van der Waals surface area contributed by atoms with E-state index in [-0.39, 0.29) is 37.9 Å². The van der Waals surface area contributed by atoms with Gasteiger partial charge < -0.3 is 15.1 Å². The molecular weight excluding hydrogens is 216 g/mol. The van der Waals surface area contributed by atoms with E-state index in [4.69, 9.17) is 10.2 Å². The van der Waals surface area contributed by atoms with E-state index in [0.29, 0.717) is 0 Å². The van der Waals surface area contributed by atoms with Crippen LogP contribution in [0.1, 0.15) is 0 Å². The number of nitrogens with zero attached hydrogens (tertiary/aromatic N) is 4. The van der Waals surface area contributed by atoms with Crippen molar-refractivity contribution in [3.8, 4) is 0 Å². The average Bonchev–Trinajstić information content (AvgIpc) is 2.29. The minimum atomic E-state index is -0.591. The Morgan fingerprint density at radius 2 is 1.75 bits per heavy atom. The lowest BCUT2D eigenvalue weighted by atomic mass is 10.5. The van der Waals surface area contributed by atoms with Gasteiger partial charge in [-0.15, -0.1) is 0 Å². The van der Waals surface area contributed by atoms with Crippen LogP contribution in [-0.4, -0.2) is 51.4 Å². The first-order valence-corrected chi connectivity index (χ1v) is 4.62. The molecule has 0 saturated carbocycles. The maximum absolute atomic E-state index is 10.4. The zero-order valence-electron chi connectivity index (χ0n) is 8.48. The zero-order valence-corrected chi connectivity index (χ0v) is 8.48. The molecule has 0 spiro atoms. The van der Waals surface area contributed by atoms with Crippen molar-refractivity contribution >= 4 is 11.6 Å². The molecule has 0 amide bonds.